The predicted molar refractivity (Wildman–Crippen MR) is 118 cm³/mol. The van der Waals surface area contributed by atoms with Gasteiger partial charge < -0.3 is 10.1 Å². The summed E-state index contributed by atoms with van der Waals surface area (Å²) in [5.41, 5.74) is 5.05. The number of anilines is 1. The minimum absolute atomic E-state index is 0.140. The number of hydrogen-bond acceptors (Lipinski definition) is 4. The summed E-state index contributed by atoms with van der Waals surface area (Å²) in [6.07, 6.45) is 1.57. The maximum absolute atomic E-state index is 11.8. The zero-order valence-corrected chi connectivity index (χ0v) is 17.0. The van der Waals surface area contributed by atoms with E-state index >= 15 is 0 Å². The number of hydrogen-bond donors (Lipinski definition) is 2. The first-order valence-corrected chi connectivity index (χ1v) is 9.63. The molecule has 5 nitrogen and oxygen atoms in total. The van der Waals surface area contributed by atoms with Gasteiger partial charge in [-0.1, -0.05) is 47.5 Å². The SMILES string of the molecule is O=C(CNc1ccccc1)N/N=C\c1ccc(OCc2ccc(Cl)cc2Cl)cc1. The molecule has 0 unspecified atom stereocenters. The molecule has 0 saturated heterocycles. The van der Waals surface area contributed by atoms with Crippen molar-refractivity contribution in [1.29, 1.82) is 0 Å². The zero-order valence-electron chi connectivity index (χ0n) is 15.4. The average molecular weight is 428 g/mol. The van der Waals surface area contributed by atoms with Crippen molar-refractivity contribution in [2.75, 3.05) is 11.9 Å². The van der Waals surface area contributed by atoms with E-state index in [0.717, 1.165) is 16.8 Å². The molecule has 0 fully saturated rings. The van der Waals surface area contributed by atoms with E-state index in [-0.39, 0.29) is 12.5 Å². The highest BCUT2D eigenvalue weighted by Crippen LogP contribution is 2.22. The van der Waals surface area contributed by atoms with Crippen LogP contribution in [0, 0.1) is 0 Å². The monoisotopic (exact) mass is 427 g/mol. The van der Waals surface area contributed by atoms with Crippen molar-refractivity contribution in [2.24, 2.45) is 5.10 Å². The fraction of sp³-hybridized carbons (Fsp3) is 0.0909. The second-order valence-electron chi connectivity index (χ2n) is 6.11. The van der Waals surface area contributed by atoms with E-state index in [9.17, 15) is 4.79 Å². The van der Waals surface area contributed by atoms with Gasteiger partial charge >= 0.3 is 0 Å². The molecule has 0 aliphatic rings. The molecule has 0 spiro atoms. The lowest BCUT2D eigenvalue weighted by atomic mass is 10.2. The lowest BCUT2D eigenvalue weighted by Gasteiger charge is -2.08. The topological polar surface area (TPSA) is 62.7 Å². The number of nitrogens with one attached hydrogen (secondary N) is 2. The fourth-order valence-corrected chi connectivity index (χ4v) is 2.87. The molecule has 0 aliphatic carbocycles. The third-order valence-electron chi connectivity index (χ3n) is 3.92. The Hall–Kier alpha value is -3.02. The van der Waals surface area contributed by atoms with Gasteiger partial charge in [0.1, 0.15) is 12.4 Å². The van der Waals surface area contributed by atoms with Crippen LogP contribution in [0.25, 0.3) is 0 Å². The Morgan fingerprint density at radius 1 is 1.00 bits per heavy atom. The summed E-state index contributed by atoms with van der Waals surface area (Å²) >= 11 is 12.0. The van der Waals surface area contributed by atoms with Crippen LogP contribution in [-0.4, -0.2) is 18.7 Å². The van der Waals surface area contributed by atoms with Gasteiger partial charge in [-0.05, 0) is 54.1 Å². The van der Waals surface area contributed by atoms with Gasteiger partial charge in [0.15, 0.2) is 0 Å². The number of hydrazone groups is 1. The summed E-state index contributed by atoms with van der Waals surface area (Å²) in [7, 11) is 0. The Labute approximate surface area is 179 Å². The number of para-hydroxylation sites is 1. The predicted octanol–water partition coefficient (Wildman–Crippen LogP) is 5.13. The quantitative estimate of drug-likeness (QED) is 0.386. The van der Waals surface area contributed by atoms with E-state index in [2.05, 4.69) is 15.8 Å². The average Bonchev–Trinajstić information content (AvgIpc) is 2.73. The van der Waals surface area contributed by atoms with Crippen molar-refractivity contribution < 1.29 is 9.53 Å². The highest BCUT2D eigenvalue weighted by Gasteiger charge is 2.03. The van der Waals surface area contributed by atoms with Gasteiger partial charge in [-0.2, -0.15) is 5.10 Å². The lowest BCUT2D eigenvalue weighted by molar-refractivity contribution is -0.119. The highest BCUT2D eigenvalue weighted by atomic mass is 35.5. The maximum atomic E-state index is 11.8. The molecule has 3 aromatic rings. The summed E-state index contributed by atoms with van der Waals surface area (Å²) in [5.74, 6) is 0.467. The van der Waals surface area contributed by atoms with Crippen LogP contribution in [0.1, 0.15) is 11.1 Å². The molecule has 1 amide bonds. The smallest absolute Gasteiger partial charge is 0.259 e. The molecule has 0 aromatic heterocycles. The number of amides is 1. The Morgan fingerprint density at radius 2 is 1.76 bits per heavy atom. The van der Waals surface area contributed by atoms with Crippen LogP contribution in [0.4, 0.5) is 5.69 Å². The van der Waals surface area contributed by atoms with E-state index in [1.165, 1.54) is 0 Å². The molecule has 3 rings (SSSR count). The zero-order chi connectivity index (χ0) is 20.5. The van der Waals surface area contributed by atoms with Crippen LogP contribution < -0.4 is 15.5 Å². The Morgan fingerprint density at radius 3 is 2.48 bits per heavy atom. The third-order valence-corrected chi connectivity index (χ3v) is 4.51. The van der Waals surface area contributed by atoms with Gasteiger partial charge in [0.25, 0.3) is 5.91 Å². The van der Waals surface area contributed by atoms with E-state index in [1.807, 2.05) is 60.7 Å². The summed E-state index contributed by atoms with van der Waals surface area (Å²) in [4.78, 5) is 11.8. The van der Waals surface area contributed by atoms with Crippen molar-refractivity contribution >= 4 is 41.0 Å². The van der Waals surface area contributed by atoms with E-state index in [4.69, 9.17) is 27.9 Å². The first-order valence-electron chi connectivity index (χ1n) is 8.88. The molecule has 2 N–H and O–H groups in total. The number of carbonyl (C=O) groups excluding carboxylic acids is 1. The molecule has 7 heteroatoms. The van der Waals surface area contributed by atoms with Crippen LogP contribution in [0.3, 0.4) is 0 Å². The number of benzene rings is 3. The van der Waals surface area contributed by atoms with Gasteiger partial charge in [-0.25, -0.2) is 5.43 Å². The van der Waals surface area contributed by atoms with E-state index in [1.54, 1.807) is 18.3 Å². The second kappa shape index (κ2) is 10.5. The molecule has 0 saturated carbocycles. The van der Waals surface area contributed by atoms with Gasteiger partial charge in [0.05, 0.1) is 12.8 Å². The van der Waals surface area contributed by atoms with Gasteiger partial charge in [-0.3, -0.25) is 4.79 Å². The number of rotatable bonds is 8. The lowest BCUT2D eigenvalue weighted by Crippen LogP contribution is -2.25. The summed E-state index contributed by atoms with van der Waals surface area (Å²) in [5, 5.41) is 8.13. The van der Waals surface area contributed by atoms with Crippen LogP contribution in [0.15, 0.2) is 77.9 Å². The molecule has 0 aliphatic heterocycles. The van der Waals surface area contributed by atoms with Gasteiger partial charge in [0, 0.05) is 21.3 Å². The Balaban J connectivity index is 1.44. The van der Waals surface area contributed by atoms with E-state index in [0.29, 0.717) is 22.4 Å². The fourth-order valence-electron chi connectivity index (χ4n) is 2.41. The molecular formula is C22H19Cl2N3O2. The first kappa shape index (κ1) is 20.7. The Bertz CT molecular complexity index is 977. The van der Waals surface area contributed by atoms with Crippen molar-refractivity contribution in [3.8, 4) is 5.75 Å². The molecule has 0 radical (unpaired) electrons. The third kappa shape index (κ3) is 6.82. The van der Waals surface area contributed by atoms with Gasteiger partial charge in [-0.15, -0.1) is 0 Å². The number of halogens is 2. The van der Waals surface area contributed by atoms with Crippen LogP contribution in [0.2, 0.25) is 10.0 Å². The summed E-state index contributed by atoms with van der Waals surface area (Å²) < 4.78 is 5.73. The molecule has 0 atom stereocenters. The number of nitrogens with zero attached hydrogens (tertiary/aromatic N) is 1. The van der Waals surface area contributed by atoms with Crippen molar-refractivity contribution in [3.63, 3.8) is 0 Å². The number of ether oxygens (including phenoxy) is 1. The first-order chi connectivity index (χ1) is 14.1. The van der Waals surface area contributed by atoms with Gasteiger partial charge in [0.2, 0.25) is 0 Å². The maximum Gasteiger partial charge on any atom is 0.259 e. The number of carbonyl (C=O) groups is 1. The minimum atomic E-state index is -0.232. The van der Waals surface area contributed by atoms with Crippen molar-refractivity contribution in [3.05, 3.63) is 94.0 Å². The van der Waals surface area contributed by atoms with Crippen LogP contribution >= 0.6 is 23.2 Å². The standard InChI is InChI=1S/C22H19Cl2N3O2/c23-18-9-8-17(21(24)12-18)15-29-20-10-6-16(7-11-20)13-26-27-22(28)14-25-19-4-2-1-3-5-19/h1-13,25H,14-15H2,(H,27,28)/b26-13-. The summed E-state index contributed by atoms with van der Waals surface area (Å²) in [6.45, 7) is 0.481. The Kier molecular flexibility index (Phi) is 7.50. The van der Waals surface area contributed by atoms with Crippen molar-refractivity contribution in [2.45, 2.75) is 6.61 Å². The summed E-state index contributed by atoms with van der Waals surface area (Å²) in [6, 6.07) is 22.1. The minimum Gasteiger partial charge on any atom is -0.489 e. The largest absolute Gasteiger partial charge is 0.489 e. The highest BCUT2D eigenvalue weighted by molar-refractivity contribution is 6.35. The molecular weight excluding hydrogens is 409 g/mol. The van der Waals surface area contributed by atoms with E-state index < -0.39 is 0 Å². The molecule has 0 bridgehead atoms. The van der Waals surface area contributed by atoms with Crippen LogP contribution in [0.5, 0.6) is 5.75 Å². The molecule has 3 aromatic carbocycles. The van der Waals surface area contributed by atoms with Crippen molar-refractivity contribution in [1.82, 2.24) is 5.43 Å². The normalized spacial score (nSPS) is 10.7. The molecule has 29 heavy (non-hydrogen) atoms. The van der Waals surface area contributed by atoms with Crippen LogP contribution in [-0.2, 0) is 11.4 Å². The second-order valence-corrected chi connectivity index (χ2v) is 6.95. The molecule has 0 heterocycles. The molecule has 148 valence electrons.